The molecule has 0 aliphatic carbocycles. The molecule has 0 saturated heterocycles. The van der Waals surface area contributed by atoms with Gasteiger partial charge < -0.3 is 9.64 Å². The van der Waals surface area contributed by atoms with E-state index in [0.717, 1.165) is 25.8 Å². The first-order chi connectivity index (χ1) is 7.11. The van der Waals surface area contributed by atoms with Crippen molar-refractivity contribution in [3.8, 4) is 0 Å². The molecule has 0 atom stereocenters. The third-order valence-corrected chi connectivity index (χ3v) is 2.29. The molecule has 0 bridgehead atoms. The van der Waals surface area contributed by atoms with Crippen molar-refractivity contribution >= 4 is 11.9 Å². The van der Waals surface area contributed by atoms with Gasteiger partial charge in [0, 0.05) is 20.0 Å². The molecule has 0 spiro atoms. The molecule has 0 aromatic heterocycles. The summed E-state index contributed by atoms with van der Waals surface area (Å²) >= 11 is 0. The van der Waals surface area contributed by atoms with Crippen molar-refractivity contribution in [2.75, 3.05) is 20.2 Å². The van der Waals surface area contributed by atoms with Crippen LogP contribution in [0.5, 0.6) is 0 Å². The molecule has 0 aromatic rings. The van der Waals surface area contributed by atoms with Crippen LogP contribution in [0.4, 0.5) is 0 Å². The second-order valence-electron chi connectivity index (χ2n) is 3.54. The molecular weight excluding hydrogens is 194 g/mol. The SMILES string of the molecule is CCCCCN(CCC(=O)OC)C(C)=O. The van der Waals surface area contributed by atoms with Gasteiger partial charge in [0.25, 0.3) is 0 Å². The summed E-state index contributed by atoms with van der Waals surface area (Å²) in [7, 11) is 1.36. The Morgan fingerprint density at radius 3 is 2.33 bits per heavy atom. The Bertz CT molecular complexity index is 204. The zero-order chi connectivity index (χ0) is 11.7. The Labute approximate surface area is 91.6 Å². The summed E-state index contributed by atoms with van der Waals surface area (Å²) in [6.45, 7) is 4.85. The highest BCUT2D eigenvalue weighted by Gasteiger charge is 2.10. The van der Waals surface area contributed by atoms with Crippen molar-refractivity contribution in [2.45, 2.75) is 39.5 Å². The predicted molar refractivity (Wildman–Crippen MR) is 58.4 cm³/mol. The fourth-order valence-electron chi connectivity index (χ4n) is 1.31. The maximum absolute atomic E-state index is 11.2. The maximum Gasteiger partial charge on any atom is 0.307 e. The lowest BCUT2D eigenvalue weighted by atomic mass is 10.2. The van der Waals surface area contributed by atoms with Crippen LogP contribution in [0.3, 0.4) is 0 Å². The van der Waals surface area contributed by atoms with Gasteiger partial charge in [-0.3, -0.25) is 9.59 Å². The Morgan fingerprint density at radius 2 is 1.87 bits per heavy atom. The Balaban J connectivity index is 3.83. The van der Waals surface area contributed by atoms with Crippen LogP contribution in [0.1, 0.15) is 39.5 Å². The van der Waals surface area contributed by atoms with E-state index in [9.17, 15) is 9.59 Å². The van der Waals surface area contributed by atoms with E-state index in [2.05, 4.69) is 11.7 Å². The molecule has 4 heteroatoms. The topological polar surface area (TPSA) is 46.6 Å². The van der Waals surface area contributed by atoms with Gasteiger partial charge in [-0.05, 0) is 6.42 Å². The van der Waals surface area contributed by atoms with Crippen LogP contribution in [-0.4, -0.2) is 37.0 Å². The summed E-state index contributed by atoms with van der Waals surface area (Å²) in [5, 5.41) is 0. The molecule has 0 aromatic carbocycles. The van der Waals surface area contributed by atoms with Crippen LogP contribution < -0.4 is 0 Å². The minimum atomic E-state index is -0.267. The molecule has 0 fully saturated rings. The second-order valence-corrected chi connectivity index (χ2v) is 3.54. The van der Waals surface area contributed by atoms with Crippen LogP contribution in [0.15, 0.2) is 0 Å². The van der Waals surface area contributed by atoms with Gasteiger partial charge in [-0.2, -0.15) is 0 Å². The number of methoxy groups -OCH3 is 1. The lowest BCUT2D eigenvalue weighted by Gasteiger charge is -2.20. The molecule has 0 rings (SSSR count). The van der Waals surface area contributed by atoms with Crippen molar-refractivity contribution in [1.82, 2.24) is 4.90 Å². The monoisotopic (exact) mass is 215 g/mol. The second kappa shape index (κ2) is 8.26. The summed E-state index contributed by atoms with van der Waals surface area (Å²) < 4.78 is 4.53. The van der Waals surface area contributed by atoms with Gasteiger partial charge in [0.05, 0.1) is 13.5 Å². The van der Waals surface area contributed by atoms with Gasteiger partial charge in [-0.25, -0.2) is 0 Å². The molecule has 88 valence electrons. The largest absolute Gasteiger partial charge is 0.469 e. The normalized spacial score (nSPS) is 9.80. The molecule has 0 aliphatic heterocycles. The lowest BCUT2D eigenvalue weighted by molar-refractivity contribution is -0.141. The fraction of sp³-hybridized carbons (Fsp3) is 0.818. The average molecular weight is 215 g/mol. The number of nitrogens with zero attached hydrogens (tertiary/aromatic N) is 1. The van der Waals surface area contributed by atoms with Gasteiger partial charge in [0.1, 0.15) is 0 Å². The summed E-state index contributed by atoms with van der Waals surface area (Å²) in [6.07, 6.45) is 3.52. The Morgan fingerprint density at radius 1 is 1.20 bits per heavy atom. The van der Waals surface area contributed by atoms with E-state index in [4.69, 9.17) is 0 Å². The van der Waals surface area contributed by atoms with Crippen molar-refractivity contribution in [3.63, 3.8) is 0 Å². The summed E-state index contributed by atoms with van der Waals surface area (Å²) in [5.41, 5.74) is 0. The highest BCUT2D eigenvalue weighted by atomic mass is 16.5. The molecule has 0 N–H and O–H groups in total. The van der Waals surface area contributed by atoms with E-state index in [1.807, 2.05) is 0 Å². The van der Waals surface area contributed by atoms with Crippen LogP contribution in [0.25, 0.3) is 0 Å². The molecular formula is C11H21NO3. The van der Waals surface area contributed by atoms with Crippen LogP contribution in [0.2, 0.25) is 0 Å². The van der Waals surface area contributed by atoms with Gasteiger partial charge in [-0.15, -0.1) is 0 Å². The predicted octanol–water partition coefficient (Wildman–Crippen LogP) is 1.59. The molecule has 1 amide bonds. The standard InChI is InChI=1S/C11H21NO3/c1-4-5-6-8-12(10(2)13)9-7-11(14)15-3/h4-9H2,1-3H3. The first kappa shape index (κ1) is 13.9. The highest BCUT2D eigenvalue weighted by molar-refractivity contribution is 5.74. The van der Waals surface area contributed by atoms with Crippen molar-refractivity contribution in [1.29, 1.82) is 0 Å². The van der Waals surface area contributed by atoms with Crippen molar-refractivity contribution < 1.29 is 14.3 Å². The minimum Gasteiger partial charge on any atom is -0.469 e. The summed E-state index contributed by atoms with van der Waals surface area (Å²) in [5.74, 6) is -0.244. The number of carbonyl (C=O) groups is 2. The van der Waals surface area contributed by atoms with E-state index in [1.165, 1.54) is 14.0 Å². The number of hydrogen-bond donors (Lipinski definition) is 0. The average Bonchev–Trinajstić information content (AvgIpc) is 2.22. The van der Waals surface area contributed by atoms with Gasteiger partial charge in [-0.1, -0.05) is 19.8 Å². The molecule has 0 radical (unpaired) electrons. The Kier molecular flexibility index (Phi) is 7.68. The number of unbranched alkanes of at least 4 members (excludes halogenated alkanes) is 2. The van der Waals surface area contributed by atoms with Crippen molar-refractivity contribution in [3.05, 3.63) is 0 Å². The number of carbonyl (C=O) groups excluding carboxylic acids is 2. The van der Waals surface area contributed by atoms with Gasteiger partial charge in [0.15, 0.2) is 0 Å². The number of rotatable bonds is 7. The molecule has 0 heterocycles. The third kappa shape index (κ3) is 6.94. The van der Waals surface area contributed by atoms with Crippen LogP contribution >= 0.6 is 0 Å². The third-order valence-electron chi connectivity index (χ3n) is 2.29. The molecule has 0 saturated carbocycles. The first-order valence-corrected chi connectivity index (χ1v) is 5.44. The Hall–Kier alpha value is -1.06. The molecule has 15 heavy (non-hydrogen) atoms. The highest BCUT2D eigenvalue weighted by Crippen LogP contribution is 2.00. The zero-order valence-electron chi connectivity index (χ0n) is 9.91. The molecule has 0 unspecified atom stereocenters. The molecule has 0 aliphatic rings. The number of amides is 1. The lowest BCUT2D eigenvalue weighted by Crippen LogP contribution is -2.32. The van der Waals surface area contributed by atoms with Crippen molar-refractivity contribution in [2.24, 2.45) is 0 Å². The quantitative estimate of drug-likeness (QED) is 0.478. The number of hydrogen-bond acceptors (Lipinski definition) is 3. The smallest absolute Gasteiger partial charge is 0.307 e. The fourth-order valence-corrected chi connectivity index (χ4v) is 1.31. The van der Waals surface area contributed by atoms with E-state index in [0.29, 0.717) is 6.54 Å². The van der Waals surface area contributed by atoms with Crippen LogP contribution in [0, 0.1) is 0 Å². The van der Waals surface area contributed by atoms with E-state index < -0.39 is 0 Å². The zero-order valence-corrected chi connectivity index (χ0v) is 9.91. The first-order valence-electron chi connectivity index (χ1n) is 5.44. The maximum atomic E-state index is 11.2. The number of esters is 1. The minimum absolute atomic E-state index is 0.0232. The van der Waals surface area contributed by atoms with Crippen LogP contribution in [-0.2, 0) is 14.3 Å². The molecule has 4 nitrogen and oxygen atoms in total. The summed E-state index contributed by atoms with van der Waals surface area (Å²) in [4.78, 5) is 23.8. The number of ether oxygens (including phenoxy) is 1. The summed E-state index contributed by atoms with van der Waals surface area (Å²) in [6, 6.07) is 0. The van der Waals surface area contributed by atoms with E-state index in [1.54, 1.807) is 4.90 Å². The van der Waals surface area contributed by atoms with E-state index in [-0.39, 0.29) is 18.3 Å². The van der Waals surface area contributed by atoms with E-state index >= 15 is 0 Å². The van der Waals surface area contributed by atoms with Gasteiger partial charge in [0.2, 0.25) is 5.91 Å². The van der Waals surface area contributed by atoms with Gasteiger partial charge >= 0.3 is 5.97 Å².